The molecule has 12 N–H and O–H groups in total. The van der Waals surface area contributed by atoms with E-state index in [1.165, 1.54) is 0 Å². The number of amides is 6. The fraction of sp³-hybridized carbons (Fsp3) is 0.429. The van der Waals surface area contributed by atoms with E-state index in [-0.39, 0.29) is 61.2 Å². The standard InChI is InChI=1S/C42H60N14O6/c1-53-25-29(21-31(53)39(59)47-17-15-35(43)44)51-41(61)33-19-27(23-55(33)3)49-37(57)13-11-9-7-5-6-8-10-12-14-38(58)50-28-20-34(56(4)24-28)42(62)52-30-22-32(54(2)26-30)40(60)48-18-16-36(45)46/h19-26H,5-18H2,1-4H3,(H3,43,44)(H3,45,46)(H,47,59)(H,48,60)(H,49,57)(H,50,58)(H,51,61)(H,52,62). The number of carbonyl (C=O) groups excluding carboxylic acids is 6. The fourth-order valence-electron chi connectivity index (χ4n) is 6.71. The Hall–Kier alpha value is -7.12. The van der Waals surface area contributed by atoms with E-state index in [4.69, 9.17) is 22.3 Å². The van der Waals surface area contributed by atoms with Gasteiger partial charge in [0, 0.05) is 91.8 Å². The van der Waals surface area contributed by atoms with Crippen molar-refractivity contribution in [1.82, 2.24) is 28.9 Å². The van der Waals surface area contributed by atoms with E-state index in [1.807, 2.05) is 0 Å². The van der Waals surface area contributed by atoms with Crippen LogP contribution in [0.4, 0.5) is 22.7 Å². The van der Waals surface area contributed by atoms with Crippen LogP contribution < -0.4 is 43.4 Å². The summed E-state index contributed by atoms with van der Waals surface area (Å²) >= 11 is 0. The van der Waals surface area contributed by atoms with Crippen LogP contribution in [0.25, 0.3) is 0 Å². The summed E-state index contributed by atoms with van der Waals surface area (Å²) in [6.07, 6.45) is 15.2. The number of carbonyl (C=O) groups is 6. The van der Waals surface area contributed by atoms with Gasteiger partial charge in [-0.2, -0.15) is 0 Å². The van der Waals surface area contributed by atoms with E-state index in [0.717, 1.165) is 51.4 Å². The van der Waals surface area contributed by atoms with Gasteiger partial charge in [-0.25, -0.2) is 0 Å². The molecule has 0 saturated heterocycles. The second kappa shape index (κ2) is 23.0. The minimum atomic E-state index is -0.399. The highest BCUT2D eigenvalue weighted by Gasteiger charge is 2.19. The topological polar surface area (TPSA) is 294 Å². The van der Waals surface area contributed by atoms with Gasteiger partial charge in [-0.3, -0.25) is 39.6 Å². The summed E-state index contributed by atoms with van der Waals surface area (Å²) in [4.78, 5) is 76.2. The van der Waals surface area contributed by atoms with Gasteiger partial charge >= 0.3 is 0 Å². The predicted molar refractivity (Wildman–Crippen MR) is 239 cm³/mol. The van der Waals surface area contributed by atoms with Gasteiger partial charge in [0.15, 0.2) is 0 Å². The molecule has 0 saturated carbocycles. The third kappa shape index (κ3) is 14.9. The molecule has 4 rings (SSSR count). The molecule has 0 unspecified atom stereocenters. The highest BCUT2D eigenvalue weighted by Crippen LogP contribution is 2.20. The van der Waals surface area contributed by atoms with Crippen molar-refractivity contribution < 1.29 is 28.8 Å². The Morgan fingerprint density at radius 3 is 1.02 bits per heavy atom. The van der Waals surface area contributed by atoms with Crippen molar-refractivity contribution >= 4 is 69.9 Å². The van der Waals surface area contributed by atoms with Gasteiger partial charge in [-0.05, 0) is 37.1 Å². The lowest BCUT2D eigenvalue weighted by Crippen LogP contribution is -2.28. The molecule has 4 heterocycles. The Balaban J connectivity index is 1.06. The van der Waals surface area contributed by atoms with Crippen molar-refractivity contribution in [3.05, 3.63) is 71.8 Å². The number of hydrogen-bond donors (Lipinski definition) is 10. The number of anilines is 4. The minimum absolute atomic E-state index is 0.0226. The van der Waals surface area contributed by atoms with E-state index in [9.17, 15) is 28.8 Å². The first kappa shape index (κ1) is 47.6. The minimum Gasteiger partial charge on any atom is -0.388 e. The number of rotatable bonds is 25. The van der Waals surface area contributed by atoms with Crippen molar-refractivity contribution in [2.45, 2.75) is 77.0 Å². The van der Waals surface area contributed by atoms with Crippen molar-refractivity contribution in [3.8, 4) is 0 Å². The third-order valence-electron chi connectivity index (χ3n) is 9.95. The molecule has 4 aromatic heterocycles. The average Bonchev–Trinajstić information content (AvgIpc) is 3.96. The number of nitrogens with one attached hydrogen (secondary N) is 8. The van der Waals surface area contributed by atoms with Crippen molar-refractivity contribution in [3.63, 3.8) is 0 Å². The van der Waals surface area contributed by atoms with Crippen LogP contribution in [0.5, 0.6) is 0 Å². The zero-order chi connectivity index (χ0) is 45.3. The van der Waals surface area contributed by atoms with Gasteiger partial charge in [0.1, 0.15) is 22.8 Å². The molecule has 0 bridgehead atoms. The molecule has 20 nitrogen and oxygen atoms in total. The zero-order valence-corrected chi connectivity index (χ0v) is 35.9. The summed E-state index contributed by atoms with van der Waals surface area (Å²) in [5.41, 5.74) is 13.9. The molecule has 0 atom stereocenters. The van der Waals surface area contributed by atoms with Crippen LogP contribution in [0.3, 0.4) is 0 Å². The molecule has 0 radical (unpaired) electrons. The van der Waals surface area contributed by atoms with Gasteiger partial charge in [0.25, 0.3) is 23.6 Å². The lowest BCUT2D eigenvalue weighted by molar-refractivity contribution is -0.117. The monoisotopic (exact) mass is 856 g/mol. The number of aryl methyl sites for hydroxylation is 4. The third-order valence-corrected chi connectivity index (χ3v) is 9.95. The molecular weight excluding hydrogens is 797 g/mol. The van der Waals surface area contributed by atoms with Crippen molar-refractivity contribution in [2.75, 3.05) is 34.4 Å². The predicted octanol–water partition coefficient (Wildman–Crippen LogP) is 4.14. The molecule has 0 spiro atoms. The van der Waals surface area contributed by atoms with E-state index in [0.29, 0.717) is 58.4 Å². The quantitative estimate of drug-likeness (QED) is 0.0262. The van der Waals surface area contributed by atoms with Crippen molar-refractivity contribution in [1.29, 1.82) is 10.8 Å². The summed E-state index contributed by atoms with van der Waals surface area (Å²) < 4.78 is 6.42. The molecule has 0 aromatic carbocycles. The van der Waals surface area contributed by atoms with Crippen LogP contribution in [0.1, 0.15) is 119 Å². The lowest BCUT2D eigenvalue weighted by Gasteiger charge is -2.04. The number of hydrogen-bond acceptors (Lipinski definition) is 8. The van der Waals surface area contributed by atoms with Gasteiger partial charge < -0.3 is 61.6 Å². The van der Waals surface area contributed by atoms with Gasteiger partial charge in [-0.1, -0.05) is 38.5 Å². The maximum absolute atomic E-state index is 13.0. The van der Waals surface area contributed by atoms with E-state index in [1.54, 1.807) is 95.5 Å². The molecule has 0 aliphatic carbocycles. The number of nitrogens with zero attached hydrogens (tertiary/aromatic N) is 4. The molecule has 0 fully saturated rings. The highest BCUT2D eigenvalue weighted by molar-refractivity contribution is 6.06. The summed E-state index contributed by atoms with van der Waals surface area (Å²) in [6, 6.07) is 6.31. The lowest BCUT2D eigenvalue weighted by atomic mass is 10.1. The van der Waals surface area contributed by atoms with Crippen LogP contribution in [-0.4, -0.2) is 78.5 Å². The summed E-state index contributed by atoms with van der Waals surface area (Å²) in [6.45, 7) is 0.460. The fourth-order valence-corrected chi connectivity index (χ4v) is 6.71. The Bertz CT molecular complexity index is 2100. The first-order chi connectivity index (χ1) is 29.5. The molecule has 6 amide bonds. The normalized spacial score (nSPS) is 10.8. The SMILES string of the molecule is Cn1cc(NC(=O)c2cc(NC(=O)CCCCCCCCCCC(=O)Nc3cc(C(=O)Nc4cc(C(=O)NCCC(=N)N)n(C)c4)n(C)c3)cn2C)cc1C(=O)NCCC(=N)N. The Morgan fingerprint density at radius 2 is 0.710 bits per heavy atom. The van der Waals surface area contributed by atoms with Gasteiger partial charge in [-0.15, -0.1) is 0 Å². The molecule has 0 aliphatic heterocycles. The number of nitrogens with two attached hydrogens (primary N) is 2. The molecular formula is C42H60N14O6. The van der Waals surface area contributed by atoms with Crippen LogP contribution >= 0.6 is 0 Å². The van der Waals surface area contributed by atoms with Gasteiger partial charge in [0.05, 0.1) is 34.4 Å². The molecule has 334 valence electrons. The average molecular weight is 857 g/mol. The summed E-state index contributed by atoms with van der Waals surface area (Å²) in [5.74, 6) is -1.81. The molecule has 4 aromatic rings. The highest BCUT2D eigenvalue weighted by atomic mass is 16.2. The van der Waals surface area contributed by atoms with E-state index in [2.05, 4.69) is 31.9 Å². The molecule has 62 heavy (non-hydrogen) atoms. The molecule has 20 heteroatoms. The summed E-state index contributed by atoms with van der Waals surface area (Å²) in [5, 5.41) is 31.2. The number of unbranched alkanes of at least 4 members (excludes halogenated alkanes) is 7. The number of amidine groups is 2. The number of aromatic nitrogens is 4. The maximum Gasteiger partial charge on any atom is 0.272 e. The Kier molecular flexibility index (Phi) is 17.7. The van der Waals surface area contributed by atoms with E-state index >= 15 is 0 Å². The second-order valence-corrected chi connectivity index (χ2v) is 15.3. The van der Waals surface area contributed by atoms with Crippen molar-refractivity contribution in [2.24, 2.45) is 39.7 Å². The van der Waals surface area contributed by atoms with Crippen LogP contribution in [0.15, 0.2) is 49.1 Å². The zero-order valence-electron chi connectivity index (χ0n) is 35.9. The molecule has 0 aliphatic rings. The Labute approximate surface area is 360 Å². The first-order valence-electron chi connectivity index (χ1n) is 20.6. The van der Waals surface area contributed by atoms with Crippen LogP contribution in [0, 0.1) is 10.8 Å². The van der Waals surface area contributed by atoms with Crippen LogP contribution in [-0.2, 0) is 37.8 Å². The van der Waals surface area contributed by atoms with Crippen LogP contribution in [0.2, 0.25) is 0 Å². The maximum atomic E-state index is 13.0. The first-order valence-corrected chi connectivity index (χ1v) is 20.6. The Morgan fingerprint density at radius 1 is 0.435 bits per heavy atom. The van der Waals surface area contributed by atoms with Gasteiger partial charge in [0.2, 0.25) is 11.8 Å². The summed E-state index contributed by atoms with van der Waals surface area (Å²) in [7, 11) is 6.79. The van der Waals surface area contributed by atoms with E-state index < -0.39 is 11.8 Å². The smallest absolute Gasteiger partial charge is 0.272 e. The largest absolute Gasteiger partial charge is 0.388 e. The second-order valence-electron chi connectivity index (χ2n) is 15.3.